The molecule has 1 heterocycles. The molecule has 0 unspecified atom stereocenters. The van der Waals surface area contributed by atoms with E-state index in [4.69, 9.17) is 22.7 Å². The Morgan fingerprint density at radius 3 is 2.78 bits per heavy atom. The standard InChI is InChI=1S/C13H21N3OS/c1-4-16(6-5-13(14)18)9-11-8-12(17-3)7-10(2)15-11/h7-8H,4-6,9H2,1-3H3,(H2,14,18). The van der Waals surface area contributed by atoms with Crippen LogP contribution in [0.15, 0.2) is 12.1 Å². The van der Waals surface area contributed by atoms with E-state index >= 15 is 0 Å². The molecule has 5 heteroatoms. The number of pyridine rings is 1. The van der Waals surface area contributed by atoms with Crippen molar-refractivity contribution in [1.29, 1.82) is 0 Å². The first kappa shape index (κ1) is 14.9. The smallest absolute Gasteiger partial charge is 0.122 e. The van der Waals surface area contributed by atoms with Crippen LogP contribution in [-0.2, 0) is 6.54 Å². The molecule has 0 fully saturated rings. The van der Waals surface area contributed by atoms with Gasteiger partial charge in [0.25, 0.3) is 0 Å². The van der Waals surface area contributed by atoms with Crippen molar-refractivity contribution < 1.29 is 4.74 Å². The molecular weight excluding hydrogens is 246 g/mol. The van der Waals surface area contributed by atoms with Crippen LogP contribution in [0.5, 0.6) is 5.75 Å². The molecule has 0 saturated heterocycles. The number of nitrogens with two attached hydrogens (primary N) is 1. The highest BCUT2D eigenvalue weighted by molar-refractivity contribution is 7.80. The van der Waals surface area contributed by atoms with Crippen molar-refractivity contribution in [3.63, 3.8) is 0 Å². The SMILES string of the molecule is CCN(CCC(N)=S)Cc1cc(OC)cc(C)n1. The summed E-state index contributed by atoms with van der Waals surface area (Å²) in [5.74, 6) is 0.850. The van der Waals surface area contributed by atoms with Gasteiger partial charge in [0, 0.05) is 37.3 Å². The zero-order valence-corrected chi connectivity index (χ0v) is 12.1. The van der Waals surface area contributed by atoms with Gasteiger partial charge in [-0.1, -0.05) is 19.1 Å². The van der Waals surface area contributed by atoms with Crippen LogP contribution >= 0.6 is 12.2 Å². The lowest BCUT2D eigenvalue weighted by atomic mass is 10.2. The quantitative estimate of drug-likeness (QED) is 0.765. The number of hydrogen-bond acceptors (Lipinski definition) is 4. The lowest BCUT2D eigenvalue weighted by Gasteiger charge is -2.20. The van der Waals surface area contributed by atoms with E-state index in [9.17, 15) is 0 Å². The molecule has 2 N–H and O–H groups in total. The highest BCUT2D eigenvalue weighted by Gasteiger charge is 2.07. The Hall–Kier alpha value is -1.20. The van der Waals surface area contributed by atoms with Crippen LogP contribution in [0.2, 0.25) is 0 Å². The van der Waals surface area contributed by atoms with Crippen molar-refractivity contribution in [2.75, 3.05) is 20.2 Å². The van der Waals surface area contributed by atoms with Crippen LogP contribution in [0, 0.1) is 6.92 Å². The van der Waals surface area contributed by atoms with E-state index in [1.54, 1.807) is 7.11 Å². The van der Waals surface area contributed by atoms with Crippen LogP contribution in [0.25, 0.3) is 0 Å². The Labute approximate surface area is 114 Å². The third kappa shape index (κ3) is 4.98. The molecule has 0 aliphatic rings. The van der Waals surface area contributed by atoms with Gasteiger partial charge in [0.2, 0.25) is 0 Å². The lowest BCUT2D eigenvalue weighted by molar-refractivity contribution is 0.284. The first-order valence-corrected chi connectivity index (χ1v) is 6.48. The van der Waals surface area contributed by atoms with Crippen LogP contribution in [0.4, 0.5) is 0 Å². The van der Waals surface area contributed by atoms with Crippen LogP contribution in [0.3, 0.4) is 0 Å². The third-order valence-electron chi connectivity index (χ3n) is 2.72. The molecule has 0 aromatic carbocycles. The van der Waals surface area contributed by atoms with Gasteiger partial charge in [-0.05, 0) is 13.5 Å². The number of methoxy groups -OCH3 is 1. The van der Waals surface area contributed by atoms with Crippen molar-refractivity contribution in [2.24, 2.45) is 5.73 Å². The monoisotopic (exact) mass is 267 g/mol. The Balaban J connectivity index is 2.68. The molecular formula is C13H21N3OS. The summed E-state index contributed by atoms with van der Waals surface area (Å²) in [6.45, 7) is 6.69. The summed E-state index contributed by atoms with van der Waals surface area (Å²) in [5.41, 5.74) is 7.51. The van der Waals surface area contributed by atoms with E-state index in [0.717, 1.165) is 43.2 Å². The van der Waals surface area contributed by atoms with Gasteiger partial charge in [-0.15, -0.1) is 0 Å². The summed E-state index contributed by atoms with van der Waals surface area (Å²) >= 11 is 4.90. The highest BCUT2D eigenvalue weighted by atomic mass is 32.1. The number of ether oxygens (including phenoxy) is 1. The van der Waals surface area contributed by atoms with Gasteiger partial charge >= 0.3 is 0 Å². The fourth-order valence-corrected chi connectivity index (χ4v) is 1.84. The lowest BCUT2D eigenvalue weighted by Crippen LogP contribution is -2.27. The second kappa shape index (κ2) is 7.28. The number of aromatic nitrogens is 1. The second-order valence-corrected chi connectivity index (χ2v) is 4.75. The third-order valence-corrected chi connectivity index (χ3v) is 2.93. The number of thiocarbonyl (C=S) groups is 1. The summed E-state index contributed by atoms with van der Waals surface area (Å²) in [7, 11) is 1.67. The van der Waals surface area contributed by atoms with Gasteiger partial charge in [-0.2, -0.15) is 0 Å². The zero-order chi connectivity index (χ0) is 13.5. The summed E-state index contributed by atoms with van der Waals surface area (Å²) in [6.07, 6.45) is 0.742. The summed E-state index contributed by atoms with van der Waals surface area (Å²) in [6, 6.07) is 3.89. The Morgan fingerprint density at radius 1 is 1.50 bits per heavy atom. The van der Waals surface area contributed by atoms with Crippen LogP contribution in [-0.4, -0.2) is 35.1 Å². The first-order chi connectivity index (χ1) is 8.55. The molecule has 18 heavy (non-hydrogen) atoms. The van der Waals surface area contributed by atoms with Gasteiger partial charge in [0.15, 0.2) is 0 Å². The summed E-state index contributed by atoms with van der Waals surface area (Å²) in [5, 5.41) is 0. The number of hydrogen-bond donors (Lipinski definition) is 1. The van der Waals surface area contributed by atoms with E-state index in [1.165, 1.54) is 0 Å². The molecule has 1 rings (SSSR count). The maximum atomic E-state index is 5.53. The Kier molecular flexibility index (Phi) is 6.01. The summed E-state index contributed by atoms with van der Waals surface area (Å²) < 4.78 is 5.25. The average molecular weight is 267 g/mol. The fraction of sp³-hybridized carbons (Fsp3) is 0.538. The van der Waals surface area contributed by atoms with Crippen molar-refractivity contribution in [3.05, 3.63) is 23.5 Å². The van der Waals surface area contributed by atoms with Crippen molar-refractivity contribution in [2.45, 2.75) is 26.8 Å². The number of aryl methyl sites for hydroxylation is 1. The van der Waals surface area contributed by atoms with Gasteiger partial charge in [0.05, 0.1) is 17.8 Å². The maximum Gasteiger partial charge on any atom is 0.122 e. The van der Waals surface area contributed by atoms with Gasteiger partial charge in [-0.25, -0.2) is 0 Å². The molecule has 0 bridgehead atoms. The molecule has 0 aliphatic carbocycles. The molecule has 4 nitrogen and oxygen atoms in total. The van der Waals surface area contributed by atoms with Crippen molar-refractivity contribution >= 4 is 17.2 Å². The molecule has 100 valence electrons. The van der Waals surface area contributed by atoms with Gasteiger partial charge < -0.3 is 10.5 Å². The zero-order valence-electron chi connectivity index (χ0n) is 11.3. The van der Waals surface area contributed by atoms with E-state index in [0.29, 0.717) is 4.99 Å². The molecule has 0 radical (unpaired) electrons. The molecule has 0 atom stereocenters. The number of nitrogens with zero attached hydrogens (tertiary/aromatic N) is 2. The normalized spacial score (nSPS) is 10.7. The largest absolute Gasteiger partial charge is 0.497 e. The maximum absolute atomic E-state index is 5.53. The van der Waals surface area contributed by atoms with E-state index < -0.39 is 0 Å². The van der Waals surface area contributed by atoms with Crippen LogP contribution in [0.1, 0.15) is 24.7 Å². The first-order valence-electron chi connectivity index (χ1n) is 6.07. The summed E-state index contributed by atoms with van der Waals surface area (Å²) in [4.78, 5) is 7.33. The average Bonchev–Trinajstić information content (AvgIpc) is 2.33. The minimum Gasteiger partial charge on any atom is -0.497 e. The topological polar surface area (TPSA) is 51.4 Å². The molecule has 0 saturated carbocycles. The predicted molar refractivity (Wildman–Crippen MR) is 77.9 cm³/mol. The van der Waals surface area contributed by atoms with Crippen LogP contribution < -0.4 is 10.5 Å². The second-order valence-electron chi connectivity index (χ2n) is 4.22. The van der Waals surface area contributed by atoms with E-state index in [1.807, 2.05) is 19.1 Å². The van der Waals surface area contributed by atoms with Crippen molar-refractivity contribution in [1.82, 2.24) is 9.88 Å². The predicted octanol–water partition coefficient (Wildman–Crippen LogP) is 1.90. The Morgan fingerprint density at radius 2 is 2.22 bits per heavy atom. The molecule has 1 aromatic heterocycles. The molecule has 0 spiro atoms. The molecule has 1 aromatic rings. The van der Waals surface area contributed by atoms with E-state index in [2.05, 4.69) is 16.8 Å². The van der Waals surface area contributed by atoms with Gasteiger partial charge in [-0.3, -0.25) is 9.88 Å². The van der Waals surface area contributed by atoms with Gasteiger partial charge in [0.1, 0.15) is 5.75 Å². The molecule has 0 amide bonds. The highest BCUT2D eigenvalue weighted by Crippen LogP contribution is 2.14. The Bertz CT molecular complexity index is 409. The minimum absolute atomic E-state index is 0.559. The number of rotatable bonds is 7. The van der Waals surface area contributed by atoms with E-state index in [-0.39, 0.29) is 0 Å². The fourth-order valence-electron chi connectivity index (χ4n) is 1.75. The molecule has 0 aliphatic heterocycles. The minimum atomic E-state index is 0.559. The van der Waals surface area contributed by atoms with Crippen molar-refractivity contribution in [3.8, 4) is 5.75 Å².